The van der Waals surface area contributed by atoms with Crippen molar-refractivity contribution in [2.45, 2.75) is 36.7 Å². The highest BCUT2D eigenvalue weighted by Gasteiger charge is 2.73. The van der Waals surface area contributed by atoms with E-state index < -0.39 is 64.2 Å². The number of para-hydroxylation sites is 1. The van der Waals surface area contributed by atoms with Crippen LogP contribution in [0.15, 0.2) is 42.5 Å². The number of alkyl halides is 9. The second-order valence-electron chi connectivity index (χ2n) is 7.87. The molecule has 0 aliphatic carbocycles. The van der Waals surface area contributed by atoms with Gasteiger partial charge in [-0.3, -0.25) is 4.79 Å². The molecule has 2 rings (SSSR count). The Morgan fingerprint density at radius 1 is 0.850 bits per heavy atom. The van der Waals surface area contributed by atoms with E-state index in [1.165, 1.54) is 13.0 Å². The number of nitrogens with one attached hydrogen (secondary N) is 2. The summed E-state index contributed by atoms with van der Waals surface area (Å²) in [5, 5.41) is 12.1. The number of hydrogen-bond acceptors (Lipinski definition) is 7. The number of halogens is 9. The lowest BCUT2D eigenvalue weighted by Crippen LogP contribution is -2.72. The molecule has 40 heavy (non-hydrogen) atoms. The second kappa shape index (κ2) is 11.3. The predicted molar refractivity (Wildman–Crippen MR) is 119 cm³/mol. The summed E-state index contributed by atoms with van der Waals surface area (Å²) in [6.45, 7) is 1.35. The Balaban J connectivity index is 2.72. The minimum Gasteiger partial charge on any atom is -0.495 e. The minimum absolute atomic E-state index is 0.0916. The summed E-state index contributed by atoms with van der Waals surface area (Å²) in [7, 11) is 1.18. The normalized spacial score (nSPS) is 14.1. The molecule has 0 fully saturated rings. The lowest BCUT2D eigenvalue weighted by atomic mass is 9.92. The topological polar surface area (TPSA) is 106 Å². The molecule has 0 aromatic heterocycles. The fraction of sp³-hybridized carbons (Fsp3) is 0.391. The van der Waals surface area contributed by atoms with Crippen LogP contribution < -0.4 is 20.1 Å². The van der Waals surface area contributed by atoms with Crippen LogP contribution in [0.25, 0.3) is 0 Å². The van der Waals surface area contributed by atoms with Crippen molar-refractivity contribution in [1.82, 2.24) is 5.32 Å². The van der Waals surface area contributed by atoms with Gasteiger partial charge >= 0.3 is 30.2 Å². The smallest absolute Gasteiger partial charge is 0.439 e. The van der Waals surface area contributed by atoms with Gasteiger partial charge in [0.2, 0.25) is 0 Å². The lowest BCUT2D eigenvalue weighted by molar-refractivity contribution is -0.294. The minimum atomic E-state index is -6.32. The second-order valence-corrected chi connectivity index (χ2v) is 7.87. The molecule has 0 saturated carbocycles. The molecule has 0 saturated heterocycles. The van der Waals surface area contributed by atoms with Crippen molar-refractivity contribution in [1.29, 1.82) is 0 Å². The Bertz CT molecular complexity index is 1220. The molecular weight excluding hydrogens is 571 g/mol. The van der Waals surface area contributed by atoms with E-state index in [-0.39, 0.29) is 30.6 Å². The van der Waals surface area contributed by atoms with Gasteiger partial charge in [-0.2, -0.15) is 39.5 Å². The van der Waals surface area contributed by atoms with Crippen molar-refractivity contribution in [2.24, 2.45) is 0 Å². The van der Waals surface area contributed by atoms with Gasteiger partial charge in [-0.15, -0.1) is 0 Å². The van der Waals surface area contributed by atoms with Crippen LogP contribution in [-0.2, 0) is 15.1 Å². The van der Waals surface area contributed by atoms with E-state index in [4.69, 9.17) is 4.74 Å². The zero-order valence-electron chi connectivity index (χ0n) is 20.6. The van der Waals surface area contributed by atoms with E-state index in [9.17, 15) is 54.2 Å². The number of esters is 1. The van der Waals surface area contributed by atoms with Gasteiger partial charge in [0.1, 0.15) is 11.5 Å². The van der Waals surface area contributed by atoms with Gasteiger partial charge in [0, 0.05) is 5.56 Å². The number of rotatable bonds is 9. The number of benzene rings is 2. The molecule has 1 unspecified atom stereocenters. The Kier molecular flexibility index (Phi) is 9.14. The average Bonchev–Trinajstić information content (AvgIpc) is 2.85. The molecule has 1 atom stereocenters. The van der Waals surface area contributed by atoms with Crippen molar-refractivity contribution >= 4 is 17.6 Å². The van der Waals surface area contributed by atoms with Crippen LogP contribution in [0.5, 0.6) is 11.5 Å². The monoisotopic (exact) mass is 592 g/mol. The Labute approximate surface area is 220 Å². The van der Waals surface area contributed by atoms with Crippen molar-refractivity contribution < 1.29 is 68.4 Å². The highest BCUT2D eigenvalue weighted by Crippen LogP contribution is 2.47. The van der Waals surface area contributed by atoms with E-state index in [0.717, 1.165) is 28.8 Å². The van der Waals surface area contributed by atoms with Gasteiger partial charge in [-0.1, -0.05) is 18.2 Å². The number of ether oxygens (including phenoxy) is 3. The first kappa shape index (κ1) is 32.3. The molecule has 1 amide bonds. The first-order valence-corrected chi connectivity index (χ1v) is 10.8. The van der Waals surface area contributed by atoms with Crippen molar-refractivity contribution in [3.63, 3.8) is 0 Å². The number of carbonyl (C=O) groups is 2. The summed E-state index contributed by atoms with van der Waals surface area (Å²) in [4.78, 5) is 24.5. The summed E-state index contributed by atoms with van der Waals surface area (Å²) in [5.41, 5.74) is -12.9. The maximum atomic E-state index is 14.2. The average molecular weight is 592 g/mol. The Hall–Kier alpha value is -3.89. The quantitative estimate of drug-likeness (QED) is 0.221. The van der Waals surface area contributed by atoms with Crippen LogP contribution >= 0.6 is 0 Å². The molecule has 2 aromatic carbocycles. The first-order chi connectivity index (χ1) is 18.3. The standard InChI is InChI=1S/C23H21F9N2O6/c1-4-40-15-8-6-5-7-13(15)17(35)34-20(22(27,28)29,23(30,31)32)33-14-10-9-12(11-16(14)38-2)19(37,18(36)39-3)21(24,25)26/h5-11,33,37H,4H2,1-3H3,(H,34,35). The van der Waals surface area contributed by atoms with Gasteiger partial charge in [-0.05, 0) is 31.2 Å². The molecule has 0 heterocycles. The lowest BCUT2D eigenvalue weighted by Gasteiger charge is -2.39. The molecule has 0 bridgehead atoms. The van der Waals surface area contributed by atoms with Crippen molar-refractivity contribution in [3.05, 3.63) is 53.6 Å². The number of hydrogen-bond donors (Lipinski definition) is 3. The van der Waals surface area contributed by atoms with Crippen LogP contribution in [0.4, 0.5) is 45.2 Å². The molecule has 2 aromatic rings. The molecule has 17 heteroatoms. The number of anilines is 1. The van der Waals surface area contributed by atoms with Crippen LogP contribution in [0.3, 0.4) is 0 Å². The largest absolute Gasteiger partial charge is 0.495 e. The van der Waals surface area contributed by atoms with Crippen LogP contribution in [0.2, 0.25) is 0 Å². The molecular formula is C23H21F9N2O6. The summed E-state index contributed by atoms with van der Waals surface area (Å²) in [6, 6.07) is 5.13. The highest BCUT2D eigenvalue weighted by atomic mass is 19.4. The maximum absolute atomic E-state index is 14.2. The Morgan fingerprint density at radius 2 is 1.43 bits per heavy atom. The van der Waals surface area contributed by atoms with E-state index in [1.807, 2.05) is 0 Å². The summed E-state index contributed by atoms with van der Waals surface area (Å²) in [6.07, 6.45) is -18.4. The first-order valence-electron chi connectivity index (χ1n) is 10.8. The number of aliphatic hydroxyl groups is 1. The van der Waals surface area contributed by atoms with E-state index in [1.54, 1.807) is 0 Å². The van der Waals surface area contributed by atoms with Gasteiger partial charge in [-0.25, -0.2) is 4.79 Å². The van der Waals surface area contributed by atoms with Crippen molar-refractivity contribution in [3.8, 4) is 11.5 Å². The van der Waals surface area contributed by atoms with Crippen molar-refractivity contribution in [2.75, 3.05) is 26.1 Å². The SMILES string of the molecule is CCOc1ccccc1C(=O)NC(Nc1ccc(C(O)(C(=O)OC)C(F)(F)F)cc1OC)(C(F)(F)F)C(F)(F)F. The maximum Gasteiger partial charge on any atom is 0.439 e. The number of amides is 1. The van der Waals surface area contributed by atoms with Crippen LogP contribution in [0, 0.1) is 0 Å². The highest BCUT2D eigenvalue weighted by molar-refractivity contribution is 5.97. The fourth-order valence-electron chi connectivity index (χ4n) is 3.42. The predicted octanol–water partition coefficient (Wildman–Crippen LogP) is 4.68. The third-order valence-corrected chi connectivity index (χ3v) is 5.42. The molecule has 0 aliphatic rings. The molecule has 3 N–H and O–H groups in total. The van der Waals surface area contributed by atoms with Gasteiger partial charge in [0.25, 0.3) is 11.5 Å². The number of methoxy groups -OCH3 is 2. The van der Waals surface area contributed by atoms with Crippen LogP contribution in [-0.4, -0.2) is 62.0 Å². The molecule has 8 nitrogen and oxygen atoms in total. The summed E-state index contributed by atoms with van der Waals surface area (Å²) in [5.74, 6) is -5.57. The zero-order chi connectivity index (χ0) is 30.7. The van der Waals surface area contributed by atoms with Gasteiger partial charge < -0.3 is 30.0 Å². The third kappa shape index (κ3) is 5.83. The summed E-state index contributed by atoms with van der Waals surface area (Å²) >= 11 is 0. The molecule has 0 spiro atoms. The third-order valence-electron chi connectivity index (χ3n) is 5.42. The van der Waals surface area contributed by atoms with Crippen LogP contribution in [0.1, 0.15) is 22.8 Å². The fourth-order valence-corrected chi connectivity index (χ4v) is 3.42. The van der Waals surface area contributed by atoms with Gasteiger partial charge in [0.05, 0.1) is 32.1 Å². The Morgan fingerprint density at radius 3 is 1.90 bits per heavy atom. The van der Waals surface area contributed by atoms with Gasteiger partial charge in [0.15, 0.2) is 0 Å². The van der Waals surface area contributed by atoms with E-state index in [0.29, 0.717) is 14.2 Å². The zero-order valence-corrected chi connectivity index (χ0v) is 20.6. The van der Waals surface area contributed by atoms with E-state index in [2.05, 4.69) is 9.47 Å². The molecule has 0 radical (unpaired) electrons. The molecule has 0 aliphatic heterocycles. The molecule has 222 valence electrons. The number of carbonyl (C=O) groups excluding carboxylic acids is 2. The van der Waals surface area contributed by atoms with E-state index >= 15 is 0 Å². The summed E-state index contributed by atoms with van der Waals surface area (Å²) < 4.78 is 139.